The van der Waals surface area contributed by atoms with Gasteiger partial charge in [-0.25, -0.2) is 13.8 Å². The van der Waals surface area contributed by atoms with E-state index in [2.05, 4.69) is 15.0 Å². The third-order valence-corrected chi connectivity index (χ3v) is 6.03. The Hall–Kier alpha value is -3.31. The Kier molecular flexibility index (Phi) is 9.61. The van der Waals surface area contributed by atoms with Crippen molar-refractivity contribution in [3.63, 3.8) is 0 Å². The fourth-order valence-corrected chi connectivity index (χ4v) is 3.63. The standard InChI is InChI=1S/C26H27F4N3O4.ClH/c1-14(31-2)23-22(25(34)33(3)12-17-6-8-18(27)11-19(17)28)32-24(37-23)16-7-9-20(36-26(29)30)21(10-16)35-13-15-4-5-15;/h6-11,14-15,26,31H,4-5,12-13H2,1-3H3;1H. The zero-order chi connectivity index (χ0) is 26.7. The second-order valence-corrected chi connectivity index (χ2v) is 8.93. The molecule has 0 aliphatic heterocycles. The van der Waals surface area contributed by atoms with Gasteiger partial charge >= 0.3 is 6.61 Å². The SMILES string of the molecule is CNC(C)c1oc(-c2ccc(OC(F)F)c(OCC3CC3)c2)nc1C(=O)N(C)Cc1ccc(F)cc1F.Cl. The number of oxazole rings is 1. The Labute approximate surface area is 223 Å². The number of hydrogen-bond donors (Lipinski definition) is 1. The predicted octanol–water partition coefficient (Wildman–Crippen LogP) is 5.98. The Morgan fingerprint density at radius 2 is 1.92 bits per heavy atom. The van der Waals surface area contributed by atoms with E-state index >= 15 is 0 Å². The van der Waals surface area contributed by atoms with Gasteiger partial charge in [-0.2, -0.15) is 8.78 Å². The number of nitrogens with zero attached hydrogens (tertiary/aromatic N) is 2. The number of benzene rings is 2. The van der Waals surface area contributed by atoms with Crippen LogP contribution in [0.15, 0.2) is 40.8 Å². The molecule has 3 aromatic rings. The van der Waals surface area contributed by atoms with Crippen LogP contribution >= 0.6 is 12.4 Å². The van der Waals surface area contributed by atoms with Crippen LogP contribution in [0.5, 0.6) is 11.5 Å². The monoisotopic (exact) mass is 557 g/mol. The molecule has 1 unspecified atom stereocenters. The van der Waals surface area contributed by atoms with Crippen molar-refractivity contribution in [2.24, 2.45) is 5.92 Å². The third kappa shape index (κ3) is 6.96. The molecule has 0 saturated heterocycles. The van der Waals surface area contributed by atoms with Crippen LogP contribution in [-0.2, 0) is 6.54 Å². The summed E-state index contributed by atoms with van der Waals surface area (Å²) in [6.45, 7) is -1.01. The number of carbonyl (C=O) groups is 1. The minimum atomic E-state index is -3.02. The van der Waals surface area contributed by atoms with Crippen molar-refractivity contribution in [2.45, 2.75) is 39.0 Å². The summed E-state index contributed by atoms with van der Waals surface area (Å²) >= 11 is 0. The summed E-state index contributed by atoms with van der Waals surface area (Å²) in [5.41, 5.74) is 0.523. The molecule has 1 fully saturated rings. The summed E-state index contributed by atoms with van der Waals surface area (Å²) in [5.74, 6) is -1.35. The van der Waals surface area contributed by atoms with E-state index in [1.807, 2.05) is 0 Å². The molecule has 1 aromatic heterocycles. The summed E-state index contributed by atoms with van der Waals surface area (Å²) in [6.07, 6.45) is 2.02. The fraction of sp³-hybridized carbons (Fsp3) is 0.385. The van der Waals surface area contributed by atoms with Crippen LogP contribution in [0.2, 0.25) is 0 Å². The van der Waals surface area contributed by atoms with E-state index in [0.29, 0.717) is 18.1 Å². The number of hydrogen-bond acceptors (Lipinski definition) is 6. The van der Waals surface area contributed by atoms with Crippen molar-refractivity contribution in [3.05, 3.63) is 65.1 Å². The average Bonchev–Trinajstić information content (AvgIpc) is 3.59. The maximum atomic E-state index is 14.1. The van der Waals surface area contributed by atoms with Crippen LogP contribution in [-0.4, -0.2) is 43.1 Å². The highest BCUT2D eigenvalue weighted by Gasteiger charge is 2.28. The second-order valence-electron chi connectivity index (χ2n) is 8.93. The molecule has 1 saturated carbocycles. The minimum absolute atomic E-state index is 0. The van der Waals surface area contributed by atoms with Crippen molar-refractivity contribution >= 4 is 18.3 Å². The molecule has 38 heavy (non-hydrogen) atoms. The maximum absolute atomic E-state index is 14.1. The topological polar surface area (TPSA) is 76.8 Å². The lowest BCUT2D eigenvalue weighted by Gasteiger charge is -2.18. The van der Waals surface area contributed by atoms with Crippen molar-refractivity contribution in [2.75, 3.05) is 20.7 Å². The van der Waals surface area contributed by atoms with Gasteiger partial charge in [-0.05, 0) is 57.0 Å². The van der Waals surface area contributed by atoms with E-state index in [1.165, 1.54) is 36.2 Å². The molecule has 1 amide bonds. The van der Waals surface area contributed by atoms with E-state index in [-0.39, 0.29) is 53.4 Å². The number of ether oxygens (including phenoxy) is 2. The molecule has 2 aromatic carbocycles. The number of alkyl halides is 2. The first kappa shape index (κ1) is 29.2. The number of halogens is 5. The van der Waals surface area contributed by atoms with Crippen LogP contribution in [0, 0.1) is 17.6 Å². The Morgan fingerprint density at radius 1 is 1.18 bits per heavy atom. The summed E-state index contributed by atoms with van der Waals surface area (Å²) in [7, 11) is 3.15. The van der Waals surface area contributed by atoms with Gasteiger partial charge < -0.3 is 24.1 Å². The molecular weight excluding hydrogens is 530 g/mol. The summed E-state index contributed by atoms with van der Waals surface area (Å²) in [4.78, 5) is 18.9. The van der Waals surface area contributed by atoms with Crippen molar-refractivity contribution < 1.29 is 36.2 Å². The minimum Gasteiger partial charge on any atom is -0.489 e. The second kappa shape index (κ2) is 12.5. The quantitative estimate of drug-likeness (QED) is 0.292. The number of aromatic nitrogens is 1. The Bertz CT molecular complexity index is 1270. The van der Waals surface area contributed by atoms with Crippen LogP contribution in [0.3, 0.4) is 0 Å². The highest BCUT2D eigenvalue weighted by molar-refractivity contribution is 5.93. The molecule has 206 valence electrons. The lowest BCUT2D eigenvalue weighted by atomic mass is 10.1. The van der Waals surface area contributed by atoms with Gasteiger partial charge in [-0.1, -0.05) is 6.07 Å². The molecule has 0 spiro atoms. The molecule has 1 aliphatic rings. The van der Waals surface area contributed by atoms with Gasteiger partial charge in [0.25, 0.3) is 5.91 Å². The highest BCUT2D eigenvalue weighted by Crippen LogP contribution is 2.37. The van der Waals surface area contributed by atoms with Gasteiger partial charge in [0.1, 0.15) is 11.6 Å². The summed E-state index contributed by atoms with van der Waals surface area (Å²) in [5, 5.41) is 2.99. The first-order valence-corrected chi connectivity index (χ1v) is 11.8. The molecule has 0 bridgehead atoms. The Morgan fingerprint density at radius 3 is 2.55 bits per heavy atom. The van der Waals surface area contributed by atoms with Crippen LogP contribution in [0.4, 0.5) is 17.6 Å². The van der Waals surface area contributed by atoms with Crippen molar-refractivity contribution in [1.29, 1.82) is 0 Å². The number of amides is 1. The lowest BCUT2D eigenvalue weighted by Crippen LogP contribution is -2.29. The van der Waals surface area contributed by atoms with Gasteiger partial charge in [0, 0.05) is 30.8 Å². The van der Waals surface area contributed by atoms with Gasteiger partial charge in [-0.15, -0.1) is 12.4 Å². The zero-order valence-electron chi connectivity index (χ0n) is 21.0. The summed E-state index contributed by atoms with van der Waals surface area (Å²) < 4.78 is 69.4. The molecule has 4 rings (SSSR count). The molecule has 7 nitrogen and oxygen atoms in total. The largest absolute Gasteiger partial charge is 0.489 e. The van der Waals surface area contributed by atoms with E-state index in [1.54, 1.807) is 14.0 Å². The van der Waals surface area contributed by atoms with E-state index in [0.717, 1.165) is 25.0 Å². The molecule has 1 atom stereocenters. The first-order valence-electron chi connectivity index (χ1n) is 11.8. The number of carbonyl (C=O) groups excluding carboxylic acids is 1. The van der Waals surface area contributed by atoms with Crippen molar-refractivity contribution in [1.82, 2.24) is 15.2 Å². The number of rotatable bonds is 11. The molecule has 1 heterocycles. The first-order chi connectivity index (χ1) is 17.7. The highest BCUT2D eigenvalue weighted by atomic mass is 35.5. The maximum Gasteiger partial charge on any atom is 0.387 e. The summed E-state index contributed by atoms with van der Waals surface area (Å²) in [6, 6.07) is 7.01. The zero-order valence-corrected chi connectivity index (χ0v) is 21.8. The molecule has 1 aliphatic carbocycles. The van der Waals surface area contributed by atoms with E-state index in [9.17, 15) is 22.4 Å². The van der Waals surface area contributed by atoms with Crippen LogP contribution in [0.25, 0.3) is 11.5 Å². The molecule has 12 heteroatoms. The molecular formula is C26H28ClF4N3O4. The Balaban J connectivity index is 0.00000400. The van der Waals surface area contributed by atoms with Gasteiger partial charge in [0.05, 0.1) is 12.6 Å². The van der Waals surface area contributed by atoms with Crippen molar-refractivity contribution in [3.8, 4) is 23.0 Å². The normalized spacial score (nSPS) is 13.7. The van der Waals surface area contributed by atoms with Crippen LogP contribution in [0.1, 0.15) is 47.6 Å². The predicted molar refractivity (Wildman–Crippen MR) is 134 cm³/mol. The van der Waals surface area contributed by atoms with Gasteiger partial charge in [0.2, 0.25) is 5.89 Å². The smallest absolute Gasteiger partial charge is 0.387 e. The van der Waals surface area contributed by atoms with E-state index in [4.69, 9.17) is 9.15 Å². The van der Waals surface area contributed by atoms with Crippen LogP contribution < -0.4 is 14.8 Å². The van der Waals surface area contributed by atoms with E-state index < -0.39 is 30.2 Å². The molecule has 0 radical (unpaired) electrons. The van der Waals surface area contributed by atoms with Gasteiger partial charge in [0.15, 0.2) is 23.0 Å². The average molecular weight is 558 g/mol. The third-order valence-electron chi connectivity index (χ3n) is 6.03. The molecule has 1 N–H and O–H groups in total. The van der Waals surface area contributed by atoms with Gasteiger partial charge in [-0.3, -0.25) is 4.79 Å². The number of nitrogens with one attached hydrogen (secondary N) is 1. The fourth-order valence-electron chi connectivity index (χ4n) is 3.63. The lowest BCUT2D eigenvalue weighted by molar-refractivity contribution is -0.0515.